The van der Waals surface area contributed by atoms with Crippen LogP contribution in [0.1, 0.15) is 20.8 Å². The van der Waals surface area contributed by atoms with E-state index in [2.05, 4.69) is 15.7 Å². The summed E-state index contributed by atoms with van der Waals surface area (Å²) < 4.78 is 12.2. The lowest BCUT2D eigenvalue weighted by Crippen LogP contribution is -2.20. The first kappa shape index (κ1) is 19.4. The Kier molecular flexibility index (Phi) is 5.65. The summed E-state index contributed by atoms with van der Waals surface area (Å²) in [5.41, 5.74) is 1.74. The fraction of sp³-hybridized carbons (Fsp3) is 0.211. The summed E-state index contributed by atoms with van der Waals surface area (Å²) >= 11 is 1.54. The zero-order valence-electron chi connectivity index (χ0n) is 15.9. The average Bonchev–Trinajstić information content (AvgIpc) is 3.36. The van der Waals surface area contributed by atoms with Gasteiger partial charge in [-0.3, -0.25) is 14.3 Å². The van der Waals surface area contributed by atoms with Crippen LogP contribution < -0.4 is 20.1 Å². The van der Waals surface area contributed by atoms with Crippen LogP contribution in [0.4, 0.5) is 5.69 Å². The minimum atomic E-state index is -0.382. The molecule has 0 atom stereocenters. The van der Waals surface area contributed by atoms with Crippen LogP contribution >= 0.6 is 11.3 Å². The van der Waals surface area contributed by atoms with E-state index in [9.17, 15) is 9.59 Å². The van der Waals surface area contributed by atoms with Crippen molar-refractivity contribution in [1.29, 1.82) is 0 Å². The molecule has 0 unspecified atom stereocenters. The molecule has 3 rings (SSSR count). The summed E-state index contributed by atoms with van der Waals surface area (Å²) in [5, 5.41) is 11.7. The van der Waals surface area contributed by atoms with E-state index in [1.165, 1.54) is 32.0 Å². The molecule has 0 bridgehead atoms. The highest BCUT2D eigenvalue weighted by atomic mass is 32.1. The zero-order valence-corrected chi connectivity index (χ0v) is 16.7. The Bertz CT molecular complexity index is 1010. The molecule has 0 saturated carbocycles. The number of benzene rings is 1. The second kappa shape index (κ2) is 8.13. The summed E-state index contributed by atoms with van der Waals surface area (Å²) in [4.78, 5) is 25.9. The van der Waals surface area contributed by atoms with Crippen LogP contribution in [0, 0.1) is 0 Å². The number of aryl methyl sites for hydroxylation is 1. The van der Waals surface area contributed by atoms with Crippen LogP contribution in [0.3, 0.4) is 0 Å². The van der Waals surface area contributed by atoms with E-state index < -0.39 is 0 Å². The van der Waals surface area contributed by atoms with Gasteiger partial charge < -0.3 is 20.1 Å². The molecule has 0 spiro atoms. The molecule has 0 saturated heterocycles. The second-order valence-electron chi connectivity index (χ2n) is 5.81. The number of hydrogen-bond acceptors (Lipinski definition) is 6. The Morgan fingerprint density at radius 2 is 1.93 bits per heavy atom. The molecule has 0 fully saturated rings. The molecule has 28 heavy (non-hydrogen) atoms. The molecule has 8 nitrogen and oxygen atoms in total. The minimum Gasteiger partial charge on any atom is -0.493 e. The molecule has 2 amide bonds. The molecule has 0 radical (unpaired) electrons. The first-order valence-electron chi connectivity index (χ1n) is 8.35. The lowest BCUT2D eigenvalue weighted by atomic mass is 10.1. The molecule has 2 N–H and O–H groups in total. The van der Waals surface area contributed by atoms with Crippen molar-refractivity contribution in [2.75, 3.05) is 26.6 Å². The summed E-state index contributed by atoms with van der Waals surface area (Å²) in [6, 6.07) is 8.67. The smallest absolute Gasteiger partial charge is 0.274 e. The quantitative estimate of drug-likeness (QED) is 0.664. The Morgan fingerprint density at radius 3 is 2.54 bits per heavy atom. The maximum atomic E-state index is 12.9. The van der Waals surface area contributed by atoms with E-state index in [0.29, 0.717) is 34.1 Å². The molecule has 2 heterocycles. The molecule has 0 aliphatic heterocycles. The normalized spacial score (nSPS) is 10.4. The van der Waals surface area contributed by atoms with Crippen LogP contribution in [0.15, 0.2) is 35.7 Å². The third-order valence-corrected chi connectivity index (χ3v) is 4.99. The molecule has 2 aromatic heterocycles. The fourth-order valence-corrected chi connectivity index (χ4v) is 3.42. The predicted molar refractivity (Wildman–Crippen MR) is 107 cm³/mol. The molecule has 1 aromatic carbocycles. The molecule has 9 heteroatoms. The largest absolute Gasteiger partial charge is 0.493 e. The van der Waals surface area contributed by atoms with Gasteiger partial charge in [-0.1, -0.05) is 6.07 Å². The maximum absolute atomic E-state index is 12.9. The predicted octanol–water partition coefficient (Wildman–Crippen LogP) is 2.78. The van der Waals surface area contributed by atoms with Gasteiger partial charge in [-0.25, -0.2) is 0 Å². The Morgan fingerprint density at radius 1 is 1.14 bits per heavy atom. The van der Waals surface area contributed by atoms with E-state index in [1.54, 1.807) is 30.5 Å². The minimum absolute atomic E-state index is 0.308. The van der Waals surface area contributed by atoms with Crippen molar-refractivity contribution in [3.63, 3.8) is 0 Å². The van der Waals surface area contributed by atoms with Gasteiger partial charge in [0.15, 0.2) is 11.5 Å². The van der Waals surface area contributed by atoms with Gasteiger partial charge in [0, 0.05) is 19.7 Å². The van der Waals surface area contributed by atoms with Gasteiger partial charge >= 0.3 is 0 Å². The third kappa shape index (κ3) is 3.70. The highest BCUT2D eigenvalue weighted by Crippen LogP contribution is 2.37. The van der Waals surface area contributed by atoms with Crippen molar-refractivity contribution >= 4 is 28.8 Å². The van der Waals surface area contributed by atoms with Gasteiger partial charge in [-0.05, 0) is 29.6 Å². The number of nitrogens with one attached hydrogen (secondary N) is 2. The first-order valence-corrected chi connectivity index (χ1v) is 9.23. The summed E-state index contributed by atoms with van der Waals surface area (Å²) in [7, 11) is 6.15. The fourth-order valence-electron chi connectivity index (χ4n) is 2.74. The van der Waals surface area contributed by atoms with Crippen molar-refractivity contribution in [2.24, 2.45) is 7.05 Å². The maximum Gasteiger partial charge on any atom is 0.274 e. The van der Waals surface area contributed by atoms with Gasteiger partial charge in [0.05, 0.1) is 24.8 Å². The van der Waals surface area contributed by atoms with Crippen LogP contribution in [0.2, 0.25) is 0 Å². The number of thiophene rings is 1. The van der Waals surface area contributed by atoms with E-state index in [4.69, 9.17) is 9.47 Å². The molecule has 0 aliphatic rings. The van der Waals surface area contributed by atoms with Gasteiger partial charge in [0.2, 0.25) is 0 Å². The third-order valence-electron chi connectivity index (χ3n) is 4.10. The van der Waals surface area contributed by atoms with E-state index in [0.717, 1.165) is 4.88 Å². The standard InChI is InChI=1S/C19H20N4O4S/c1-20-18(24)11-8-13(17(27-4)15(9-11)26-3)21-19(25)14-10-12(22-23(14)2)16-6-5-7-28-16/h5-10H,1-4H3,(H,20,24)(H,21,25). The summed E-state index contributed by atoms with van der Waals surface area (Å²) in [5.74, 6) is -0.0310. The number of anilines is 1. The van der Waals surface area contributed by atoms with Crippen molar-refractivity contribution in [3.8, 4) is 22.1 Å². The number of aromatic nitrogens is 2. The van der Waals surface area contributed by atoms with E-state index in [-0.39, 0.29) is 11.8 Å². The number of hydrogen-bond donors (Lipinski definition) is 2. The number of methoxy groups -OCH3 is 2. The van der Waals surface area contributed by atoms with Gasteiger partial charge in [0.25, 0.3) is 11.8 Å². The van der Waals surface area contributed by atoms with Crippen molar-refractivity contribution in [1.82, 2.24) is 15.1 Å². The molecular formula is C19H20N4O4S. The van der Waals surface area contributed by atoms with Crippen LogP contribution in [0.5, 0.6) is 11.5 Å². The summed E-state index contributed by atoms with van der Waals surface area (Å²) in [6.07, 6.45) is 0. The van der Waals surface area contributed by atoms with E-state index in [1.807, 2.05) is 17.5 Å². The Hall–Kier alpha value is -3.33. The van der Waals surface area contributed by atoms with Crippen molar-refractivity contribution in [2.45, 2.75) is 0 Å². The molecule has 0 aliphatic carbocycles. The highest BCUT2D eigenvalue weighted by Gasteiger charge is 2.20. The number of amides is 2. The number of carbonyl (C=O) groups is 2. The molecular weight excluding hydrogens is 380 g/mol. The lowest BCUT2D eigenvalue weighted by Gasteiger charge is -2.15. The zero-order chi connectivity index (χ0) is 20.3. The lowest BCUT2D eigenvalue weighted by molar-refractivity contribution is 0.0960. The number of carbonyl (C=O) groups excluding carboxylic acids is 2. The van der Waals surface area contributed by atoms with Crippen molar-refractivity contribution < 1.29 is 19.1 Å². The molecule has 146 valence electrons. The van der Waals surface area contributed by atoms with Crippen LogP contribution in [-0.2, 0) is 7.05 Å². The SMILES string of the molecule is CNC(=O)c1cc(NC(=O)c2cc(-c3cccs3)nn2C)c(OC)c(OC)c1. The topological polar surface area (TPSA) is 94.5 Å². The number of ether oxygens (including phenoxy) is 2. The monoisotopic (exact) mass is 400 g/mol. The van der Waals surface area contributed by atoms with Gasteiger partial charge in [-0.15, -0.1) is 11.3 Å². The van der Waals surface area contributed by atoms with Crippen molar-refractivity contribution in [3.05, 3.63) is 47.0 Å². The van der Waals surface area contributed by atoms with Crippen LogP contribution in [0.25, 0.3) is 10.6 Å². The Labute approximate surface area is 166 Å². The number of rotatable bonds is 6. The van der Waals surface area contributed by atoms with Crippen LogP contribution in [-0.4, -0.2) is 42.9 Å². The summed E-state index contributed by atoms with van der Waals surface area (Å²) in [6.45, 7) is 0. The first-order chi connectivity index (χ1) is 13.5. The van der Waals surface area contributed by atoms with Gasteiger partial charge in [0.1, 0.15) is 11.4 Å². The Balaban J connectivity index is 1.96. The number of nitrogens with zero attached hydrogens (tertiary/aromatic N) is 2. The van der Waals surface area contributed by atoms with Gasteiger partial charge in [-0.2, -0.15) is 5.10 Å². The average molecular weight is 400 g/mol. The van der Waals surface area contributed by atoms with E-state index >= 15 is 0 Å². The second-order valence-corrected chi connectivity index (χ2v) is 6.76. The highest BCUT2D eigenvalue weighted by molar-refractivity contribution is 7.13. The molecule has 3 aromatic rings.